The molecular formula is C22H19N5O3. The second-order valence-electron chi connectivity index (χ2n) is 6.83. The first-order valence-corrected chi connectivity index (χ1v) is 9.29. The average molecular weight is 401 g/mol. The number of carbonyl (C=O) groups is 2. The van der Waals surface area contributed by atoms with Crippen LogP contribution in [0.25, 0.3) is 22.6 Å². The van der Waals surface area contributed by atoms with Crippen LogP contribution in [0, 0.1) is 0 Å². The van der Waals surface area contributed by atoms with E-state index in [9.17, 15) is 14.7 Å². The Morgan fingerprint density at radius 3 is 2.60 bits per heavy atom. The number of pyridine rings is 1. The molecule has 150 valence electrons. The molecule has 1 unspecified atom stereocenters. The molecule has 4 rings (SSSR count). The lowest BCUT2D eigenvalue weighted by molar-refractivity contribution is -0.119. The Bertz CT molecular complexity index is 1200. The number of benzene rings is 2. The Morgan fingerprint density at radius 2 is 1.90 bits per heavy atom. The molecule has 2 heterocycles. The maximum absolute atomic E-state index is 12.7. The Balaban J connectivity index is 1.54. The van der Waals surface area contributed by atoms with Gasteiger partial charge in [0.25, 0.3) is 5.91 Å². The molecule has 5 N–H and O–H groups in total. The molecule has 0 aliphatic carbocycles. The second kappa shape index (κ2) is 8.04. The maximum Gasteiger partial charge on any atom is 0.252 e. The number of carbonyl (C=O) groups excluding carboxylic acids is 2. The van der Waals surface area contributed by atoms with Gasteiger partial charge in [-0.15, -0.1) is 0 Å². The van der Waals surface area contributed by atoms with Crippen LogP contribution >= 0.6 is 0 Å². The zero-order valence-corrected chi connectivity index (χ0v) is 15.9. The smallest absolute Gasteiger partial charge is 0.252 e. The number of fused-ring (bicyclic) bond motifs is 1. The molecule has 30 heavy (non-hydrogen) atoms. The molecule has 0 aliphatic heterocycles. The standard InChI is InChI=1S/C22H19N5O3/c23-20(29)19(11-13-4-7-15(28)8-5-13)27-22(30)14-6-9-16-18(12-14)26-21(25-16)17-3-1-2-10-24-17/h1-10,12,19,28H,11H2,(H2,23,29)(H,25,26)(H,27,30). The first-order valence-electron chi connectivity index (χ1n) is 9.29. The number of nitrogens with zero attached hydrogens (tertiary/aromatic N) is 2. The highest BCUT2D eigenvalue weighted by atomic mass is 16.3. The Labute approximate surface area is 171 Å². The summed E-state index contributed by atoms with van der Waals surface area (Å²) < 4.78 is 0. The van der Waals surface area contributed by atoms with Crippen LogP contribution in [0.5, 0.6) is 5.75 Å². The van der Waals surface area contributed by atoms with Crippen molar-refractivity contribution in [2.24, 2.45) is 5.73 Å². The summed E-state index contributed by atoms with van der Waals surface area (Å²) in [4.78, 5) is 36.5. The molecular weight excluding hydrogens is 382 g/mol. The van der Waals surface area contributed by atoms with Crippen LogP contribution < -0.4 is 11.1 Å². The van der Waals surface area contributed by atoms with Gasteiger partial charge in [0.2, 0.25) is 5.91 Å². The van der Waals surface area contributed by atoms with E-state index in [1.807, 2.05) is 18.2 Å². The fourth-order valence-corrected chi connectivity index (χ4v) is 3.11. The summed E-state index contributed by atoms with van der Waals surface area (Å²) >= 11 is 0. The van der Waals surface area contributed by atoms with Crippen molar-refractivity contribution in [2.75, 3.05) is 0 Å². The third-order valence-electron chi connectivity index (χ3n) is 4.68. The number of H-pyrrole nitrogens is 1. The maximum atomic E-state index is 12.7. The highest BCUT2D eigenvalue weighted by molar-refractivity contribution is 6.00. The molecule has 0 saturated carbocycles. The lowest BCUT2D eigenvalue weighted by Gasteiger charge is -2.15. The van der Waals surface area contributed by atoms with Gasteiger partial charge in [0, 0.05) is 18.2 Å². The monoisotopic (exact) mass is 401 g/mol. The summed E-state index contributed by atoms with van der Waals surface area (Å²) in [6.45, 7) is 0. The van der Waals surface area contributed by atoms with Gasteiger partial charge < -0.3 is 21.1 Å². The van der Waals surface area contributed by atoms with Crippen LogP contribution in [0.3, 0.4) is 0 Å². The average Bonchev–Trinajstić information content (AvgIpc) is 3.18. The van der Waals surface area contributed by atoms with Gasteiger partial charge >= 0.3 is 0 Å². The fraction of sp³-hybridized carbons (Fsp3) is 0.0909. The molecule has 0 bridgehead atoms. The Hall–Kier alpha value is -4.20. The molecule has 2 amide bonds. The molecule has 0 radical (unpaired) electrons. The number of hydrogen-bond donors (Lipinski definition) is 4. The largest absolute Gasteiger partial charge is 0.508 e. The van der Waals surface area contributed by atoms with Crippen molar-refractivity contribution in [1.82, 2.24) is 20.3 Å². The van der Waals surface area contributed by atoms with E-state index in [1.165, 1.54) is 12.1 Å². The highest BCUT2D eigenvalue weighted by Gasteiger charge is 2.20. The molecule has 1 atom stereocenters. The number of rotatable bonds is 6. The summed E-state index contributed by atoms with van der Waals surface area (Å²) in [6, 6.07) is 16.1. The lowest BCUT2D eigenvalue weighted by atomic mass is 10.0. The van der Waals surface area contributed by atoms with Gasteiger partial charge in [0.05, 0.1) is 11.0 Å². The van der Waals surface area contributed by atoms with Gasteiger partial charge in [0.1, 0.15) is 17.5 Å². The van der Waals surface area contributed by atoms with E-state index in [4.69, 9.17) is 5.73 Å². The molecule has 0 spiro atoms. The minimum Gasteiger partial charge on any atom is -0.508 e. The van der Waals surface area contributed by atoms with Crippen molar-refractivity contribution < 1.29 is 14.7 Å². The summed E-state index contributed by atoms with van der Waals surface area (Å²) in [5.74, 6) is -0.341. The zero-order chi connectivity index (χ0) is 21.1. The number of aromatic hydroxyl groups is 1. The van der Waals surface area contributed by atoms with E-state index in [0.29, 0.717) is 28.1 Å². The number of primary amides is 1. The van der Waals surface area contributed by atoms with Crippen molar-refractivity contribution in [3.05, 3.63) is 78.0 Å². The van der Waals surface area contributed by atoms with Crippen LogP contribution in [-0.2, 0) is 11.2 Å². The number of phenols is 1. The number of hydrogen-bond acceptors (Lipinski definition) is 5. The van der Waals surface area contributed by atoms with Crippen LogP contribution in [0.2, 0.25) is 0 Å². The minimum atomic E-state index is -0.886. The summed E-state index contributed by atoms with van der Waals surface area (Å²) in [6.07, 6.45) is 1.90. The topological polar surface area (TPSA) is 134 Å². The van der Waals surface area contributed by atoms with E-state index >= 15 is 0 Å². The number of nitrogens with one attached hydrogen (secondary N) is 2. The van der Waals surface area contributed by atoms with E-state index in [2.05, 4.69) is 20.3 Å². The summed E-state index contributed by atoms with van der Waals surface area (Å²) in [7, 11) is 0. The van der Waals surface area contributed by atoms with Crippen LogP contribution in [-0.4, -0.2) is 37.9 Å². The molecule has 0 saturated heterocycles. The quantitative estimate of drug-likeness (QED) is 0.393. The SMILES string of the molecule is NC(=O)C(Cc1ccc(O)cc1)NC(=O)c1ccc2nc(-c3ccccn3)[nH]c2c1. The number of aromatic amines is 1. The van der Waals surface area contributed by atoms with Gasteiger partial charge in [-0.25, -0.2) is 4.98 Å². The highest BCUT2D eigenvalue weighted by Crippen LogP contribution is 2.20. The Morgan fingerprint density at radius 1 is 1.10 bits per heavy atom. The van der Waals surface area contributed by atoms with Gasteiger partial charge in [0.15, 0.2) is 5.82 Å². The van der Waals surface area contributed by atoms with Crippen LogP contribution in [0.15, 0.2) is 66.9 Å². The molecule has 4 aromatic rings. The number of phenolic OH excluding ortho intramolecular Hbond substituents is 1. The van der Waals surface area contributed by atoms with Gasteiger partial charge in [-0.3, -0.25) is 14.6 Å². The normalized spacial score (nSPS) is 11.9. The predicted molar refractivity (Wildman–Crippen MR) is 112 cm³/mol. The molecule has 2 aromatic heterocycles. The van der Waals surface area contributed by atoms with Crippen molar-refractivity contribution in [1.29, 1.82) is 0 Å². The third kappa shape index (κ3) is 4.12. The van der Waals surface area contributed by atoms with Gasteiger partial charge in [-0.1, -0.05) is 18.2 Å². The van der Waals surface area contributed by atoms with Crippen molar-refractivity contribution in [3.8, 4) is 17.3 Å². The first-order chi connectivity index (χ1) is 14.5. The van der Waals surface area contributed by atoms with E-state index in [-0.39, 0.29) is 12.2 Å². The minimum absolute atomic E-state index is 0.122. The van der Waals surface area contributed by atoms with Crippen molar-refractivity contribution >= 4 is 22.8 Å². The third-order valence-corrected chi connectivity index (χ3v) is 4.68. The molecule has 0 aliphatic rings. The molecule has 8 nitrogen and oxygen atoms in total. The first kappa shape index (κ1) is 19.1. The predicted octanol–water partition coefficient (Wildman–Crippen LogP) is 2.16. The number of imidazole rings is 1. The van der Waals surface area contributed by atoms with Crippen molar-refractivity contribution in [2.45, 2.75) is 12.5 Å². The van der Waals surface area contributed by atoms with E-state index < -0.39 is 17.9 Å². The summed E-state index contributed by atoms with van der Waals surface area (Å²) in [5.41, 5.74) is 8.68. The zero-order valence-electron chi connectivity index (χ0n) is 15.9. The lowest BCUT2D eigenvalue weighted by Crippen LogP contribution is -2.45. The molecule has 2 aromatic carbocycles. The molecule has 0 fully saturated rings. The summed E-state index contributed by atoms with van der Waals surface area (Å²) in [5, 5.41) is 12.1. The number of amides is 2. The fourth-order valence-electron chi connectivity index (χ4n) is 3.11. The van der Waals surface area contributed by atoms with Gasteiger partial charge in [-0.2, -0.15) is 0 Å². The Kier molecular flexibility index (Phi) is 5.13. The van der Waals surface area contributed by atoms with E-state index in [1.54, 1.807) is 36.5 Å². The number of aromatic nitrogens is 3. The van der Waals surface area contributed by atoms with E-state index in [0.717, 1.165) is 5.56 Å². The van der Waals surface area contributed by atoms with Crippen LogP contribution in [0.1, 0.15) is 15.9 Å². The molecule has 8 heteroatoms. The second-order valence-corrected chi connectivity index (χ2v) is 6.83. The van der Waals surface area contributed by atoms with Gasteiger partial charge in [-0.05, 0) is 48.0 Å². The van der Waals surface area contributed by atoms with Crippen LogP contribution in [0.4, 0.5) is 0 Å². The number of nitrogens with two attached hydrogens (primary N) is 1. The van der Waals surface area contributed by atoms with Crippen molar-refractivity contribution in [3.63, 3.8) is 0 Å².